The molecule has 19 heavy (non-hydrogen) atoms. The van der Waals surface area contributed by atoms with Crippen LogP contribution >= 0.6 is 11.3 Å². The molecule has 2 rings (SSSR count). The molecule has 1 atom stereocenters. The number of halogens is 2. The molecule has 2 nitrogen and oxygen atoms in total. The highest BCUT2D eigenvalue weighted by Gasteiger charge is 2.19. The van der Waals surface area contributed by atoms with Crippen molar-refractivity contribution >= 4 is 11.3 Å². The van der Waals surface area contributed by atoms with Crippen molar-refractivity contribution in [2.45, 2.75) is 26.3 Å². The van der Waals surface area contributed by atoms with Crippen LogP contribution in [0.4, 0.5) is 8.78 Å². The molecule has 0 bridgehead atoms. The Bertz CT molecular complexity index is 554. The molecule has 1 N–H and O–H groups in total. The lowest BCUT2D eigenvalue weighted by molar-refractivity contribution is 0.536. The summed E-state index contributed by atoms with van der Waals surface area (Å²) >= 11 is 1.52. The molecule has 102 valence electrons. The standard InChI is InChI=1S/C14H16F2N2S/c1-3-6-17-14(13-8-18-9(2)19-13)11-5-4-10(15)7-12(11)16/h4-5,7-8,14,17H,3,6H2,1-2H3. The molecule has 1 aromatic heterocycles. The molecule has 1 heterocycles. The summed E-state index contributed by atoms with van der Waals surface area (Å²) in [5, 5.41) is 4.21. The summed E-state index contributed by atoms with van der Waals surface area (Å²) in [6.45, 7) is 4.72. The fourth-order valence-electron chi connectivity index (χ4n) is 1.90. The maximum absolute atomic E-state index is 13.9. The van der Waals surface area contributed by atoms with Crippen LogP contribution in [0.5, 0.6) is 0 Å². The number of hydrogen-bond acceptors (Lipinski definition) is 3. The molecule has 2 aromatic rings. The van der Waals surface area contributed by atoms with Gasteiger partial charge in [-0.15, -0.1) is 11.3 Å². The van der Waals surface area contributed by atoms with Gasteiger partial charge in [0.05, 0.1) is 11.0 Å². The Kier molecular flexibility index (Phi) is 4.61. The second kappa shape index (κ2) is 6.21. The Labute approximate surface area is 115 Å². The zero-order valence-electron chi connectivity index (χ0n) is 10.9. The van der Waals surface area contributed by atoms with Crippen molar-refractivity contribution in [2.75, 3.05) is 6.54 Å². The molecule has 0 aliphatic carbocycles. The number of hydrogen-bond donors (Lipinski definition) is 1. The van der Waals surface area contributed by atoms with E-state index in [0.717, 1.165) is 28.9 Å². The molecule has 0 saturated heterocycles. The summed E-state index contributed by atoms with van der Waals surface area (Å²) in [5.41, 5.74) is 0.457. The zero-order chi connectivity index (χ0) is 13.8. The normalized spacial score (nSPS) is 12.6. The summed E-state index contributed by atoms with van der Waals surface area (Å²) in [6.07, 6.45) is 2.69. The Hall–Kier alpha value is -1.33. The highest BCUT2D eigenvalue weighted by Crippen LogP contribution is 2.28. The molecule has 0 saturated carbocycles. The Morgan fingerprint density at radius 2 is 2.16 bits per heavy atom. The van der Waals surface area contributed by atoms with Gasteiger partial charge >= 0.3 is 0 Å². The quantitative estimate of drug-likeness (QED) is 0.901. The first-order chi connectivity index (χ1) is 9.11. The van der Waals surface area contributed by atoms with Crippen LogP contribution in [-0.4, -0.2) is 11.5 Å². The van der Waals surface area contributed by atoms with Crippen molar-refractivity contribution in [2.24, 2.45) is 0 Å². The van der Waals surface area contributed by atoms with Crippen LogP contribution < -0.4 is 5.32 Å². The number of nitrogens with zero attached hydrogens (tertiary/aromatic N) is 1. The first-order valence-corrected chi connectivity index (χ1v) is 7.04. The largest absolute Gasteiger partial charge is 0.305 e. The third-order valence-electron chi connectivity index (χ3n) is 2.80. The first kappa shape index (κ1) is 14.1. The van der Waals surface area contributed by atoms with Gasteiger partial charge in [-0.05, 0) is 26.0 Å². The van der Waals surface area contributed by atoms with Gasteiger partial charge in [0.25, 0.3) is 0 Å². The second-order valence-electron chi connectivity index (χ2n) is 4.33. The van der Waals surface area contributed by atoms with Gasteiger partial charge in [0.1, 0.15) is 11.6 Å². The van der Waals surface area contributed by atoms with Crippen molar-refractivity contribution in [3.05, 3.63) is 51.5 Å². The minimum absolute atomic E-state index is 0.272. The predicted octanol–water partition coefficient (Wildman–Crippen LogP) is 3.82. The van der Waals surface area contributed by atoms with Crippen molar-refractivity contribution in [1.82, 2.24) is 10.3 Å². The lowest BCUT2D eigenvalue weighted by atomic mass is 10.0. The van der Waals surface area contributed by atoms with Gasteiger partial charge in [0.15, 0.2) is 0 Å². The van der Waals surface area contributed by atoms with Crippen LogP contribution in [0.15, 0.2) is 24.4 Å². The SMILES string of the molecule is CCCNC(c1cnc(C)s1)c1ccc(F)cc1F. The molecule has 5 heteroatoms. The van der Waals surface area contributed by atoms with E-state index in [0.29, 0.717) is 5.56 Å². The lowest BCUT2D eigenvalue weighted by Gasteiger charge is -2.18. The van der Waals surface area contributed by atoms with Crippen molar-refractivity contribution in [1.29, 1.82) is 0 Å². The van der Waals surface area contributed by atoms with Crippen LogP contribution in [0.25, 0.3) is 0 Å². The molecule has 0 spiro atoms. The zero-order valence-corrected chi connectivity index (χ0v) is 11.7. The molecule has 0 aliphatic heterocycles. The monoisotopic (exact) mass is 282 g/mol. The number of nitrogens with one attached hydrogen (secondary N) is 1. The van der Waals surface area contributed by atoms with Gasteiger partial charge in [0.2, 0.25) is 0 Å². The highest BCUT2D eigenvalue weighted by molar-refractivity contribution is 7.11. The van der Waals surface area contributed by atoms with Crippen molar-refractivity contribution < 1.29 is 8.78 Å². The van der Waals surface area contributed by atoms with Crippen molar-refractivity contribution in [3.63, 3.8) is 0 Å². The van der Waals surface area contributed by atoms with Crippen LogP contribution in [0.1, 0.15) is 34.8 Å². The summed E-state index contributed by atoms with van der Waals surface area (Å²) < 4.78 is 26.9. The predicted molar refractivity (Wildman–Crippen MR) is 73.3 cm³/mol. The summed E-state index contributed by atoms with van der Waals surface area (Å²) in [7, 11) is 0. The molecule has 0 aliphatic rings. The van der Waals surface area contributed by atoms with E-state index in [1.807, 2.05) is 13.8 Å². The summed E-state index contributed by atoms with van der Waals surface area (Å²) in [5.74, 6) is -1.09. The van der Waals surface area contributed by atoms with E-state index in [2.05, 4.69) is 10.3 Å². The summed E-state index contributed by atoms with van der Waals surface area (Å²) in [4.78, 5) is 5.14. The molecule has 1 aromatic carbocycles. The third kappa shape index (κ3) is 3.36. The molecule has 0 amide bonds. The number of benzene rings is 1. The van der Waals surface area contributed by atoms with E-state index < -0.39 is 11.6 Å². The van der Waals surface area contributed by atoms with Crippen molar-refractivity contribution in [3.8, 4) is 0 Å². The average Bonchev–Trinajstić information content (AvgIpc) is 2.78. The lowest BCUT2D eigenvalue weighted by Crippen LogP contribution is -2.23. The van der Waals surface area contributed by atoms with E-state index in [1.54, 1.807) is 6.20 Å². The van der Waals surface area contributed by atoms with Crippen LogP contribution in [0, 0.1) is 18.6 Å². The number of aryl methyl sites for hydroxylation is 1. The van der Waals surface area contributed by atoms with Crippen LogP contribution in [0.3, 0.4) is 0 Å². The molecular weight excluding hydrogens is 266 g/mol. The average molecular weight is 282 g/mol. The third-order valence-corrected chi connectivity index (χ3v) is 3.77. The van der Waals surface area contributed by atoms with Crippen LogP contribution in [0.2, 0.25) is 0 Å². The Morgan fingerprint density at radius 1 is 1.37 bits per heavy atom. The Morgan fingerprint density at radius 3 is 2.74 bits per heavy atom. The van der Waals surface area contributed by atoms with Gasteiger partial charge < -0.3 is 5.32 Å². The summed E-state index contributed by atoms with van der Waals surface area (Å²) in [6, 6.07) is 3.43. The molecular formula is C14H16F2N2S. The minimum Gasteiger partial charge on any atom is -0.305 e. The molecule has 0 fully saturated rings. The number of rotatable bonds is 5. The van der Waals surface area contributed by atoms with E-state index in [-0.39, 0.29) is 6.04 Å². The number of thiazole rings is 1. The smallest absolute Gasteiger partial charge is 0.131 e. The molecule has 0 radical (unpaired) electrons. The van der Waals surface area contributed by atoms with E-state index in [1.165, 1.54) is 23.5 Å². The van der Waals surface area contributed by atoms with Gasteiger partial charge in [-0.2, -0.15) is 0 Å². The number of aromatic nitrogens is 1. The van der Waals surface area contributed by atoms with Gasteiger partial charge in [-0.3, -0.25) is 0 Å². The van der Waals surface area contributed by atoms with E-state index >= 15 is 0 Å². The van der Waals surface area contributed by atoms with E-state index in [9.17, 15) is 8.78 Å². The topological polar surface area (TPSA) is 24.9 Å². The van der Waals surface area contributed by atoms with E-state index in [4.69, 9.17) is 0 Å². The molecule has 1 unspecified atom stereocenters. The fraction of sp³-hybridized carbons (Fsp3) is 0.357. The van der Waals surface area contributed by atoms with Crippen LogP contribution in [-0.2, 0) is 0 Å². The van der Waals surface area contributed by atoms with Gasteiger partial charge in [0, 0.05) is 22.7 Å². The Balaban J connectivity index is 2.36. The fourth-order valence-corrected chi connectivity index (χ4v) is 2.78. The maximum Gasteiger partial charge on any atom is 0.131 e. The second-order valence-corrected chi connectivity index (χ2v) is 5.60. The van der Waals surface area contributed by atoms with Gasteiger partial charge in [-0.1, -0.05) is 13.0 Å². The minimum atomic E-state index is -0.559. The van der Waals surface area contributed by atoms with Gasteiger partial charge in [-0.25, -0.2) is 13.8 Å². The highest BCUT2D eigenvalue weighted by atomic mass is 32.1. The first-order valence-electron chi connectivity index (χ1n) is 6.22. The maximum atomic E-state index is 13.9.